The summed E-state index contributed by atoms with van der Waals surface area (Å²) in [6.07, 6.45) is 0. The molecule has 0 unspecified atom stereocenters. The Morgan fingerprint density at radius 1 is 0.955 bits per heavy atom. The highest BCUT2D eigenvalue weighted by Gasteiger charge is 2.09. The molecule has 0 N–H and O–H groups in total. The molecule has 0 amide bonds. The summed E-state index contributed by atoms with van der Waals surface area (Å²) in [5.74, 6) is 0. The molecule has 3 rings (SSSR count). The van der Waals surface area contributed by atoms with E-state index < -0.39 is 0 Å². The molecule has 0 aliphatic rings. The number of rotatable bonds is 2. The molecular weight excluding hydrogens is 341 g/mol. The number of aromatic nitrogens is 1. The summed E-state index contributed by atoms with van der Waals surface area (Å²) in [6.45, 7) is 2.33. The number of pyridine rings is 1. The fourth-order valence-electron chi connectivity index (χ4n) is 2.50. The molecule has 0 aliphatic carbocycles. The zero-order valence-electron chi connectivity index (χ0n) is 11.7. The van der Waals surface area contributed by atoms with Crippen LogP contribution in [0.4, 0.5) is 0 Å². The quantitative estimate of drug-likeness (QED) is 0.612. The first-order valence-electron chi connectivity index (χ1n) is 6.69. The number of benzene rings is 2. The summed E-state index contributed by atoms with van der Waals surface area (Å²) >= 11 is 18.1. The minimum atomic E-state index is -0.0710. The van der Waals surface area contributed by atoms with Crippen LogP contribution in [-0.2, 0) is 6.54 Å². The number of hydrogen-bond donors (Lipinski definition) is 0. The van der Waals surface area contributed by atoms with Gasteiger partial charge in [-0.05, 0) is 42.3 Å². The van der Waals surface area contributed by atoms with Crippen molar-refractivity contribution in [3.05, 3.63) is 79.0 Å². The van der Waals surface area contributed by atoms with Gasteiger partial charge in [0.05, 0.1) is 22.1 Å². The van der Waals surface area contributed by atoms with E-state index in [0.717, 1.165) is 22.0 Å². The van der Waals surface area contributed by atoms with Gasteiger partial charge in [-0.3, -0.25) is 4.79 Å². The summed E-state index contributed by atoms with van der Waals surface area (Å²) in [7, 11) is 0. The summed E-state index contributed by atoms with van der Waals surface area (Å²) in [5.41, 5.74) is 2.57. The average molecular weight is 353 g/mol. The van der Waals surface area contributed by atoms with Gasteiger partial charge in [0, 0.05) is 16.5 Å². The van der Waals surface area contributed by atoms with Gasteiger partial charge in [-0.25, -0.2) is 0 Å². The number of fused-ring (bicyclic) bond motifs is 1. The van der Waals surface area contributed by atoms with Crippen LogP contribution in [0.25, 0.3) is 10.9 Å². The first kappa shape index (κ1) is 15.4. The number of halogens is 3. The van der Waals surface area contributed by atoms with E-state index in [9.17, 15) is 4.79 Å². The van der Waals surface area contributed by atoms with Crippen LogP contribution in [0.15, 0.2) is 47.3 Å². The fraction of sp³-hybridized carbons (Fsp3) is 0.118. The summed E-state index contributed by atoms with van der Waals surface area (Å²) in [5, 5.41) is 2.57. The van der Waals surface area contributed by atoms with Crippen LogP contribution < -0.4 is 5.56 Å². The van der Waals surface area contributed by atoms with Crippen molar-refractivity contribution in [2.75, 3.05) is 0 Å². The second-order valence-electron chi connectivity index (χ2n) is 5.16. The third kappa shape index (κ3) is 2.87. The van der Waals surface area contributed by atoms with Crippen LogP contribution in [0.1, 0.15) is 11.1 Å². The maximum Gasteiger partial charge on any atom is 0.251 e. The number of hydrogen-bond acceptors (Lipinski definition) is 1. The topological polar surface area (TPSA) is 22.0 Å². The fourth-order valence-corrected chi connectivity index (χ4v) is 2.99. The molecule has 3 aromatic rings. The lowest BCUT2D eigenvalue weighted by atomic mass is 10.1. The molecule has 0 saturated heterocycles. The molecular formula is C17H12Cl3NO. The van der Waals surface area contributed by atoms with E-state index in [1.165, 1.54) is 0 Å². The van der Waals surface area contributed by atoms with Crippen LogP contribution in [0.2, 0.25) is 15.1 Å². The van der Waals surface area contributed by atoms with Gasteiger partial charge in [0.2, 0.25) is 0 Å². The zero-order valence-corrected chi connectivity index (χ0v) is 14.0. The molecule has 1 aromatic heterocycles. The van der Waals surface area contributed by atoms with Crippen molar-refractivity contribution in [1.82, 2.24) is 4.57 Å². The predicted octanol–water partition coefficient (Wildman–Crippen LogP) is 5.32. The second-order valence-corrected chi connectivity index (χ2v) is 6.41. The minimum absolute atomic E-state index is 0.0710. The van der Waals surface area contributed by atoms with Crippen molar-refractivity contribution in [2.24, 2.45) is 0 Å². The van der Waals surface area contributed by atoms with E-state index in [4.69, 9.17) is 34.8 Å². The molecule has 5 heteroatoms. The lowest BCUT2D eigenvalue weighted by Gasteiger charge is -2.13. The van der Waals surface area contributed by atoms with Gasteiger partial charge >= 0.3 is 0 Å². The molecule has 22 heavy (non-hydrogen) atoms. The van der Waals surface area contributed by atoms with Gasteiger partial charge < -0.3 is 4.57 Å². The van der Waals surface area contributed by atoms with Crippen molar-refractivity contribution in [3.63, 3.8) is 0 Å². The van der Waals surface area contributed by atoms with Crippen molar-refractivity contribution in [2.45, 2.75) is 13.5 Å². The average Bonchev–Trinajstić information content (AvgIpc) is 2.47. The monoisotopic (exact) mass is 351 g/mol. The standard InChI is InChI=1S/C17H12Cl3NO/c1-10-6-17(22)21(16-8-12(18)3-4-13(10)16)9-11-2-5-14(19)15(20)7-11/h2-8H,9H2,1H3. The normalized spacial score (nSPS) is 11.1. The highest BCUT2D eigenvalue weighted by molar-refractivity contribution is 6.42. The van der Waals surface area contributed by atoms with E-state index in [-0.39, 0.29) is 5.56 Å². The molecule has 2 aromatic carbocycles. The van der Waals surface area contributed by atoms with Gasteiger partial charge in [-0.2, -0.15) is 0 Å². The molecule has 0 atom stereocenters. The van der Waals surface area contributed by atoms with Crippen LogP contribution >= 0.6 is 34.8 Å². The third-order valence-corrected chi connectivity index (χ3v) is 4.58. The van der Waals surface area contributed by atoms with Gasteiger partial charge in [-0.1, -0.05) is 46.9 Å². The molecule has 0 fully saturated rings. The van der Waals surface area contributed by atoms with Gasteiger partial charge in [-0.15, -0.1) is 0 Å². The van der Waals surface area contributed by atoms with Crippen LogP contribution in [0.5, 0.6) is 0 Å². The Kier molecular flexibility index (Phi) is 4.18. The molecule has 2 nitrogen and oxygen atoms in total. The third-order valence-electron chi connectivity index (χ3n) is 3.61. The van der Waals surface area contributed by atoms with E-state index >= 15 is 0 Å². The molecule has 0 radical (unpaired) electrons. The van der Waals surface area contributed by atoms with Gasteiger partial charge in [0.15, 0.2) is 0 Å². The largest absolute Gasteiger partial charge is 0.304 e. The predicted molar refractivity (Wildman–Crippen MR) is 93.5 cm³/mol. The smallest absolute Gasteiger partial charge is 0.251 e. The van der Waals surface area contributed by atoms with Crippen molar-refractivity contribution in [3.8, 4) is 0 Å². The van der Waals surface area contributed by atoms with E-state index in [1.807, 2.05) is 31.2 Å². The highest BCUT2D eigenvalue weighted by Crippen LogP contribution is 2.25. The number of aryl methyl sites for hydroxylation is 1. The van der Waals surface area contributed by atoms with Crippen molar-refractivity contribution >= 4 is 45.7 Å². The van der Waals surface area contributed by atoms with Gasteiger partial charge in [0.1, 0.15) is 0 Å². The van der Waals surface area contributed by atoms with E-state index in [2.05, 4.69) is 0 Å². The zero-order chi connectivity index (χ0) is 15.9. The molecule has 1 heterocycles. The lowest BCUT2D eigenvalue weighted by Crippen LogP contribution is -2.21. The SMILES string of the molecule is Cc1cc(=O)n(Cc2ccc(Cl)c(Cl)c2)c2cc(Cl)ccc12. The molecule has 0 spiro atoms. The maximum atomic E-state index is 12.4. The Morgan fingerprint density at radius 3 is 2.45 bits per heavy atom. The molecule has 0 aliphatic heterocycles. The van der Waals surface area contributed by atoms with Crippen LogP contribution in [0, 0.1) is 6.92 Å². The summed E-state index contributed by atoms with van der Waals surface area (Å²) < 4.78 is 1.69. The highest BCUT2D eigenvalue weighted by atomic mass is 35.5. The lowest BCUT2D eigenvalue weighted by molar-refractivity contribution is 0.793. The molecule has 112 valence electrons. The molecule has 0 saturated carbocycles. The first-order chi connectivity index (χ1) is 10.5. The Balaban J connectivity index is 2.19. The Labute approximate surface area is 142 Å². The Morgan fingerprint density at radius 2 is 1.73 bits per heavy atom. The van der Waals surface area contributed by atoms with Crippen molar-refractivity contribution < 1.29 is 0 Å². The van der Waals surface area contributed by atoms with E-state index in [1.54, 1.807) is 22.8 Å². The molecule has 0 bridgehead atoms. The van der Waals surface area contributed by atoms with Crippen LogP contribution in [0.3, 0.4) is 0 Å². The maximum absolute atomic E-state index is 12.4. The Bertz CT molecular complexity index is 931. The van der Waals surface area contributed by atoms with Crippen LogP contribution in [-0.4, -0.2) is 4.57 Å². The van der Waals surface area contributed by atoms with Crippen molar-refractivity contribution in [1.29, 1.82) is 0 Å². The number of nitrogens with zero attached hydrogens (tertiary/aromatic N) is 1. The van der Waals surface area contributed by atoms with Gasteiger partial charge in [0.25, 0.3) is 5.56 Å². The van der Waals surface area contributed by atoms with E-state index in [0.29, 0.717) is 21.6 Å². The summed E-state index contributed by atoms with van der Waals surface area (Å²) in [4.78, 5) is 12.4. The minimum Gasteiger partial charge on any atom is -0.304 e. The Hall–Kier alpha value is -1.48. The first-order valence-corrected chi connectivity index (χ1v) is 7.83. The summed E-state index contributed by atoms with van der Waals surface area (Å²) in [6, 6.07) is 12.6. The second kappa shape index (κ2) is 5.96.